The van der Waals surface area contributed by atoms with Crippen molar-refractivity contribution in [2.45, 2.75) is 36.6 Å². The summed E-state index contributed by atoms with van der Waals surface area (Å²) >= 11 is 0. The standard InChI is InChI=1S/C16H24N2O2.C6H5NO5S/c1-3-15(19)18(14-7-5-4-6-8-14)16(13-20-2)9-11-17-12-10-16;8-7(9)5-1-3-6(4-2-5)13(10,11)12/h4-8,17H,3,9-13H2,1-2H3;1-4H,(H,10,11,12). The number of benzene rings is 2. The van der Waals surface area contributed by atoms with Crippen molar-refractivity contribution >= 4 is 27.4 Å². The molecule has 1 fully saturated rings. The fourth-order valence-electron chi connectivity index (χ4n) is 3.75. The van der Waals surface area contributed by atoms with Gasteiger partial charge in [-0.25, -0.2) is 0 Å². The van der Waals surface area contributed by atoms with E-state index in [1.165, 1.54) is 0 Å². The van der Waals surface area contributed by atoms with E-state index < -0.39 is 15.0 Å². The lowest BCUT2D eigenvalue weighted by molar-refractivity contribution is -0.384. The van der Waals surface area contributed by atoms with Crippen molar-refractivity contribution < 1.29 is 27.4 Å². The first-order valence-corrected chi connectivity index (χ1v) is 11.9. The van der Waals surface area contributed by atoms with E-state index in [0.717, 1.165) is 55.9 Å². The second-order valence-electron chi connectivity index (χ2n) is 7.55. The topological polar surface area (TPSA) is 139 Å². The van der Waals surface area contributed by atoms with E-state index in [1.807, 2.05) is 42.2 Å². The van der Waals surface area contributed by atoms with Gasteiger partial charge in [0.25, 0.3) is 15.8 Å². The Kier molecular flexibility index (Phi) is 9.47. The van der Waals surface area contributed by atoms with Gasteiger partial charge in [-0.2, -0.15) is 8.42 Å². The fraction of sp³-hybridized carbons (Fsp3) is 0.409. The number of amides is 1. The van der Waals surface area contributed by atoms with Crippen LogP contribution in [0.2, 0.25) is 0 Å². The summed E-state index contributed by atoms with van der Waals surface area (Å²) in [4.78, 5) is 23.6. The molecule has 0 aliphatic carbocycles. The normalized spacial score (nSPS) is 15.1. The zero-order valence-electron chi connectivity index (χ0n) is 18.6. The highest BCUT2D eigenvalue weighted by molar-refractivity contribution is 7.85. The number of hydrogen-bond acceptors (Lipinski definition) is 7. The number of para-hydroxylation sites is 1. The van der Waals surface area contributed by atoms with Gasteiger partial charge in [0.2, 0.25) is 5.91 Å². The Labute approximate surface area is 193 Å². The molecule has 1 aliphatic heterocycles. The van der Waals surface area contributed by atoms with Crippen LogP contribution in [0.3, 0.4) is 0 Å². The summed E-state index contributed by atoms with van der Waals surface area (Å²) in [5, 5.41) is 13.5. The lowest BCUT2D eigenvalue weighted by Gasteiger charge is -2.46. The molecule has 0 radical (unpaired) electrons. The molecule has 1 heterocycles. The SMILES string of the molecule is CCC(=O)N(c1ccccc1)C1(COC)CCNCC1.O=[N+]([O-])c1ccc(S(=O)(=O)O)cc1. The Bertz CT molecular complexity index is 1020. The van der Waals surface area contributed by atoms with Gasteiger partial charge in [0.05, 0.1) is 22.0 Å². The summed E-state index contributed by atoms with van der Waals surface area (Å²) in [6.07, 6.45) is 2.34. The number of methoxy groups -OCH3 is 1. The van der Waals surface area contributed by atoms with Crippen molar-refractivity contribution in [3.8, 4) is 0 Å². The second kappa shape index (κ2) is 11.8. The van der Waals surface area contributed by atoms with Gasteiger partial charge < -0.3 is 15.0 Å². The van der Waals surface area contributed by atoms with Crippen molar-refractivity contribution in [1.29, 1.82) is 0 Å². The minimum atomic E-state index is -4.27. The molecule has 1 aliphatic rings. The molecule has 10 nitrogen and oxygen atoms in total. The van der Waals surface area contributed by atoms with E-state index in [4.69, 9.17) is 9.29 Å². The molecule has 1 saturated heterocycles. The van der Waals surface area contributed by atoms with Crippen molar-refractivity contribution in [2.75, 3.05) is 31.7 Å². The minimum absolute atomic E-state index is 0.162. The Balaban J connectivity index is 0.000000257. The fourth-order valence-corrected chi connectivity index (χ4v) is 4.23. The van der Waals surface area contributed by atoms with E-state index in [0.29, 0.717) is 13.0 Å². The van der Waals surface area contributed by atoms with Crippen LogP contribution >= 0.6 is 0 Å². The number of piperidine rings is 1. The zero-order valence-corrected chi connectivity index (χ0v) is 19.5. The number of non-ortho nitro benzene ring substituents is 1. The highest BCUT2D eigenvalue weighted by Gasteiger charge is 2.41. The number of anilines is 1. The molecule has 11 heteroatoms. The molecule has 0 spiro atoms. The van der Waals surface area contributed by atoms with Gasteiger partial charge >= 0.3 is 0 Å². The number of carbonyl (C=O) groups is 1. The molecule has 0 unspecified atom stereocenters. The second-order valence-corrected chi connectivity index (χ2v) is 8.97. The quantitative estimate of drug-likeness (QED) is 0.351. The first-order valence-electron chi connectivity index (χ1n) is 10.4. The van der Waals surface area contributed by atoms with Crippen molar-refractivity contribution in [3.05, 3.63) is 64.7 Å². The molecule has 0 atom stereocenters. The largest absolute Gasteiger partial charge is 0.382 e. The number of hydrogen-bond donors (Lipinski definition) is 2. The number of rotatable bonds is 7. The molecule has 0 bridgehead atoms. The van der Waals surface area contributed by atoms with Gasteiger partial charge in [-0.3, -0.25) is 19.5 Å². The minimum Gasteiger partial charge on any atom is -0.382 e. The summed E-state index contributed by atoms with van der Waals surface area (Å²) in [7, 11) is -2.56. The maximum absolute atomic E-state index is 12.5. The number of nitro groups is 1. The molecule has 2 N–H and O–H groups in total. The van der Waals surface area contributed by atoms with Crippen molar-refractivity contribution in [1.82, 2.24) is 5.32 Å². The number of ether oxygens (including phenoxy) is 1. The Morgan fingerprint density at radius 3 is 2.18 bits per heavy atom. The maximum Gasteiger partial charge on any atom is 0.294 e. The first kappa shape index (κ1) is 26.4. The lowest BCUT2D eigenvalue weighted by atomic mass is 9.86. The number of carbonyl (C=O) groups excluding carboxylic acids is 1. The van der Waals surface area contributed by atoms with Crippen LogP contribution in [0.5, 0.6) is 0 Å². The zero-order chi connectivity index (χ0) is 24.5. The van der Waals surface area contributed by atoms with Crippen molar-refractivity contribution in [2.24, 2.45) is 0 Å². The Hall–Kier alpha value is -2.86. The molecule has 0 saturated carbocycles. The third-order valence-corrected chi connectivity index (χ3v) is 6.20. The third-order valence-electron chi connectivity index (χ3n) is 5.33. The van der Waals surface area contributed by atoms with Crippen LogP contribution in [0.25, 0.3) is 0 Å². The highest BCUT2D eigenvalue weighted by Crippen LogP contribution is 2.32. The summed E-state index contributed by atoms with van der Waals surface area (Å²) in [6.45, 7) is 4.34. The van der Waals surface area contributed by atoms with E-state index in [2.05, 4.69) is 5.32 Å². The molecule has 2 aromatic rings. The van der Waals surface area contributed by atoms with E-state index in [1.54, 1.807) is 7.11 Å². The van der Waals surface area contributed by atoms with Crippen LogP contribution < -0.4 is 10.2 Å². The van der Waals surface area contributed by atoms with Gasteiger partial charge in [0, 0.05) is 31.4 Å². The van der Waals surface area contributed by atoms with Gasteiger partial charge in [0.1, 0.15) is 0 Å². The van der Waals surface area contributed by atoms with Gasteiger partial charge in [0.15, 0.2) is 0 Å². The predicted octanol–water partition coefficient (Wildman–Crippen LogP) is 3.04. The van der Waals surface area contributed by atoms with Crippen LogP contribution in [-0.4, -0.2) is 56.1 Å². The van der Waals surface area contributed by atoms with Crippen LogP contribution in [0.4, 0.5) is 11.4 Å². The van der Waals surface area contributed by atoms with Crippen LogP contribution in [0.1, 0.15) is 26.2 Å². The maximum atomic E-state index is 12.5. The number of nitro benzene ring substituents is 1. The van der Waals surface area contributed by atoms with Gasteiger partial charge in [-0.1, -0.05) is 25.1 Å². The number of nitrogens with zero attached hydrogens (tertiary/aromatic N) is 2. The Morgan fingerprint density at radius 1 is 1.15 bits per heavy atom. The summed E-state index contributed by atoms with van der Waals surface area (Å²) in [6, 6.07) is 13.9. The lowest BCUT2D eigenvalue weighted by Crippen LogP contribution is -2.59. The monoisotopic (exact) mass is 479 g/mol. The summed E-state index contributed by atoms with van der Waals surface area (Å²) < 4.78 is 35.0. The third kappa shape index (κ3) is 7.06. The average molecular weight is 480 g/mol. The molecule has 33 heavy (non-hydrogen) atoms. The molecule has 3 rings (SSSR count). The van der Waals surface area contributed by atoms with E-state index in [9.17, 15) is 23.3 Å². The molecule has 0 aromatic heterocycles. The smallest absolute Gasteiger partial charge is 0.294 e. The van der Waals surface area contributed by atoms with Gasteiger partial charge in [-0.05, 0) is 50.2 Å². The summed E-state index contributed by atoms with van der Waals surface area (Å²) in [5.41, 5.74) is 0.514. The molecular formula is C22H29N3O7S. The molecular weight excluding hydrogens is 450 g/mol. The molecule has 1 amide bonds. The first-order chi connectivity index (χ1) is 15.6. The van der Waals surface area contributed by atoms with Crippen molar-refractivity contribution in [3.63, 3.8) is 0 Å². The summed E-state index contributed by atoms with van der Waals surface area (Å²) in [5.74, 6) is 0.162. The highest BCUT2D eigenvalue weighted by atomic mass is 32.2. The van der Waals surface area contributed by atoms with Gasteiger partial charge in [-0.15, -0.1) is 0 Å². The Morgan fingerprint density at radius 2 is 1.73 bits per heavy atom. The van der Waals surface area contributed by atoms with Crippen LogP contribution in [0.15, 0.2) is 59.5 Å². The molecule has 180 valence electrons. The van der Waals surface area contributed by atoms with Crippen LogP contribution in [0, 0.1) is 10.1 Å². The van der Waals surface area contributed by atoms with Crippen LogP contribution in [-0.2, 0) is 19.6 Å². The number of nitrogens with one attached hydrogen (secondary N) is 1. The predicted molar refractivity (Wildman–Crippen MR) is 124 cm³/mol. The van der Waals surface area contributed by atoms with E-state index >= 15 is 0 Å². The average Bonchev–Trinajstić information content (AvgIpc) is 2.80. The molecule has 2 aromatic carbocycles. The van der Waals surface area contributed by atoms with E-state index in [-0.39, 0.29) is 22.0 Å².